The van der Waals surface area contributed by atoms with Crippen LogP contribution in [0.5, 0.6) is 11.6 Å². The lowest BCUT2D eigenvalue weighted by molar-refractivity contribution is -0.0740. The number of nitrogens with zero attached hydrogens (tertiary/aromatic N) is 2. The molecule has 0 aliphatic carbocycles. The van der Waals surface area contributed by atoms with Crippen LogP contribution in [-0.2, 0) is 6.54 Å². The molecule has 0 amide bonds. The van der Waals surface area contributed by atoms with Crippen LogP contribution in [0.15, 0.2) is 12.3 Å². The first-order chi connectivity index (χ1) is 6.69. The molecule has 14 heavy (non-hydrogen) atoms. The van der Waals surface area contributed by atoms with Gasteiger partial charge in [-0.2, -0.15) is 5.06 Å². The first kappa shape index (κ1) is 10.7. The van der Waals surface area contributed by atoms with E-state index in [0.29, 0.717) is 18.2 Å². The summed E-state index contributed by atoms with van der Waals surface area (Å²) < 4.78 is 10.2. The number of pyridine rings is 1. The molecular weight excluding hydrogens is 184 g/mol. The monoisotopic (exact) mass is 198 g/mol. The molecule has 1 aromatic heterocycles. The van der Waals surface area contributed by atoms with Crippen molar-refractivity contribution in [3.8, 4) is 11.6 Å². The molecule has 0 bridgehead atoms. The first-order valence-electron chi connectivity index (χ1n) is 4.15. The number of hydroxylamine groups is 2. The van der Waals surface area contributed by atoms with Gasteiger partial charge in [0.05, 0.1) is 26.3 Å². The van der Waals surface area contributed by atoms with Crippen LogP contribution in [0.1, 0.15) is 5.56 Å². The van der Waals surface area contributed by atoms with Crippen molar-refractivity contribution in [2.75, 3.05) is 21.3 Å². The van der Waals surface area contributed by atoms with Gasteiger partial charge in [0, 0.05) is 13.2 Å². The maximum Gasteiger partial charge on any atom is 0.221 e. The van der Waals surface area contributed by atoms with Gasteiger partial charge in [-0.1, -0.05) is 0 Å². The van der Waals surface area contributed by atoms with Crippen LogP contribution >= 0.6 is 0 Å². The zero-order valence-corrected chi connectivity index (χ0v) is 8.52. The third-order valence-electron chi connectivity index (χ3n) is 1.77. The van der Waals surface area contributed by atoms with E-state index in [9.17, 15) is 0 Å². The molecule has 0 radical (unpaired) electrons. The van der Waals surface area contributed by atoms with Gasteiger partial charge in [0.25, 0.3) is 0 Å². The summed E-state index contributed by atoms with van der Waals surface area (Å²) in [5, 5.41) is 10.2. The smallest absolute Gasteiger partial charge is 0.221 e. The molecule has 1 N–H and O–H groups in total. The lowest BCUT2D eigenvalue weighted by atomic mass is 10.2. The molecule has 5 heteroatoms. The van der Waals surface area contributed by atoms with E-state index in [1.807, 2.05) is 0 Å². The van der Waals surface area contributed by atoms with Gasteiger partial charge < -0.3 is 14.7 Å². The molecular formula is C9H14N2O3. The van der Waals surface area contributed by atoms with E-state index in [1.54, 1.807) is 26.4 Å². The Morgan fingerprint density at radius 2 is 2.14 bits per heavy atom. The quantitative estimate of drug-likeness (QED) is 0.729. The molecule has 5 nitrogen and oxygen atoms in total. The highest BCUT2D eigenvalue weighted by atomic mass is 16.5. The minimum atomic E-state index is 0.306. The Balaban J connectivity index is 3.05. The SMILES string of the molecule is COc1ccnc(OC)c1CN(C)O. The first-order valence-corrected chi connectivity index (χ1v) is 4.15. The van der Waals surface area contributed by atoms with Gasteiger partial charge in [-0.25, -0.2) is 4.98 Å². The van der Waals surface area contributed by atoms with Gasteiger partial charge in [-0.3, -0.25) is 0 Å². The predicted octanol–water partition coefficient (Wildman–Crippen LogP) is 0.920. The average molecular weight is 198 g/mol. The van der Waals surface area contributed by atoms with Crippen LogP contribution in [0.2, 0.25) is 0 Å². The lowest BCUT2D eigenvalue weighted by Crippen LogP contribution is -2.13. The molecule has 1 aromatic rings. The Hall–Kier alpha value is -1.33. The predicted molar refractivity (Wildman–Crippen MR) is 50.6 cm³/mol. The minimum Gasteiger partial charge on any atom is -0.496 e. The second kappa shape index (κ2) is 4.78. The van der Waals surface area contributed by atoms with Crippen molar-refractivity contribution >= 4 is 0 Å². The molecule has 1 heterocycles. The van der Waals surface area contributed by atoms with Gasteiger partial charge in [-0.05, 0) is 6.07 Å². The average Bonchev–Trinajstić information content (AvgIpc) is 2.17. The summed E-state index contributed by atoms with van der Waals surface area (Å²) in [7, 11) is 4.64. The molecule has 0 saturated carbocycles. The molecule has 1 rings (SSSR count). The molecule has 0 unspecified atom stereocenters. The van der Waals surface area contributed by atoms with E-state index < -0.39 is 0 Å². The summed E-state index contributed by atoms with van der Waals surface area (Å²) in [6.07, 6.45) is 1.60. The normalized spacial score (nSPS) is 10.4. The standard InChI is InChI=1S/C9H14N2O3/c1-11(12)6-7-8(13-2)4-5-10-9(7)14-3/h4-5,12H,6H2,1-3H3. The van der Waals surface area contributed by atoms with Gasteiger partial charge in [-0.15, -0.1) is 0 Å². The highest BCUT2D eigenvalue weighted by molar-refractivity contribution is 5.39. The van der Waals surface area contributed by atoms with Crippen molar-refractivity contribution in [2.24, 2.45) is 0 Å². The van der Waals surface area contributed by atoms with Crippen molar-refractivity contribution in [3.63, 3.8) is 0 Å². The summed E-state index contributed by atoms with van der Waals surface area (Å²) in [6, 6.07) is 1.72. The zero-order chi connectivity index (χ0) is 10.6. The fraction of sp³-hybridized carbons (Fsp3) is 0.444. The number of rotatable bonds is 4. The summed E-state index contributed by atoms with van der Waals surface area (Å²) in [5.41, 5.74) is 0.725. The topological polar surface area (TPSA) is 54.8 Å². The van der Waals surface area contributed by atoms with E-state index in [4.69, 9.17) is 14.7 Å². The largest absolute Gasteiger partial charge is 0.496 e. The summed E-state index contributed by atoms with van der Waals surface area (Å²) in [6.45, 7) is 0.306. The van der Waals surface area contributed by atoms with Gasteiger partial charge in [0.1, 0.15) is 5.75 Å². The summed E-state index contributed by atoms with van der Waals surface area (Å²) in [4.78, 5) is 4.02. The Labute approximate surface area is 82.8 Å². The van der Waals surface area contributed by atoms with Crippen LogP contribution in [0.25, 0.3) is 0 Å². The maximum absolute atomic E-state index is 9.14. The molecule has 0 aromatic carbocycles. The molecule has 0 saturated heterocycles. The highest BCUT2D eigenvalue weighted by Crippen LogP contribution is 2.26. The number of aromatic nitrogens is 1. The number of methoxy groups -OCH3 is 2. The van der Waals surface area contributed by atoms with Crippen molar-refractivity contribution in [1.29, 1.82) is 0 Å². The van der Waals surface area contributed by atoms with Crippen LogP contribution < -0.4 is 9.47 Å². The van der Waals surface area contributed by atoms with Gasteiger partial charge in [0.15, 0.2) is 0 Å². The fourth-order valence-electron chi connectivity index (χ4n) is 1.20. The molecule has 0 aliphatic rings. The van der Waals surface area contributed by atoms with Crippen molar-refractivity contribution in [3.05, 3.63) is 17.8 Å². The number of ether oxygens (including phenoxy) is 2. The van der Waals surface area contributed by atoms with Gasteiger partial charge in [0.2, 0.25) is 5.88 Å². The number of hydrogen-bond acceptors (Lipinski definition) is 5. The van der Waals surface area contributed by atoms with E-state index in [0.717, 1.165) is 10.6 Å². The van der Waals surface area contributed by atoms with Crippen LogP contribution in [0, 0.1) is 0 Å². The molecule has 0 aliphatic heterocycles. The lowest BCUT2D eigenvalue weighted by Gasteiger charge is -2.14. The van der Waals surface area contributed by atoms with Gasteiger partial charge >= 0.3 is 0 Å². The Morgan fingerprint density at radius 3 is 2.64 bits per heavy atom. The minimum absolute atomic E-state index is 0.306. The molecule has 0 spiro atoms. The zero-order valence-electron chi connectivity index (χ0n) is 8.52. The van der Waals surface area contributed by atoms with E-state index in [-0.39, 0.29) is 0 Å². The highest BCUT2D eigenvalue weighted by Gasteiger charge is 2.12. The Bertz CT molecular complexity index is 280. The third-order valence-corrected chi connectivity index (χ3v) is 1.77. The van der Waals surface area contributed by atoms with Crippen molar-refractivity contribution in [2.45, 2.75) is 6.54 Å². The summed E-state index contributed by atoms with van der Waals surface area (Å²) in [5.74, 6) is 1.11. The summed E-state index contributed by atoms with van der Waals surface area (Å²) >= 11 is 0. The molecule has 78 valence electrons. The third kappa shape index (κ3) is 2.34. The van der Waals surface area contributed by atoms with E-state index in [2.05, 4.69) is 4.98 Å². The Kier molecular flexibility index (Phi) is 3.67. The number of hydrogen-bond donors (Lipinski definition) is 1. The second-order valence-electron chi connectivity index (χ2n) is 2.82. The van der Waals surface area contributed by atoms with Crippen LogP contribution in [0.4, 0.5) is 0 Å². The molecule has 0 fully saturated rings. The Morgan fingerprint density at radius 1 is 1.43 bits per heavy atom. The van der Waals surface area contributed by atoms with Crippen molar-refractivity contribution < 1.29 is 14.7 Å². The van der Waals surface area contributed by atoms with E-state index in [1.165, 1.54) is 7.11 Å². The van der Waals surface area contributed by atoms with Crippen LogP contribution in [-0.4, -0.2) is 36.5 Å². The maximum atomic E-state index is 9.14. The van der Waals surface area contributed by atoms with Crippen LogP contribution in [0.3, 0.4) is 0 Å². The second-order valence-corrected chi connectivity index (χ2v) is 2.82. The molecule has 0 atom stereocenters. The van der Waals surface area contributed by atoms with Crippen molar-refractivity contribution in [1.82, 2.24) is 10.0 Å². The van der Waals surface area contributed by atoms with E-state index >= 15 is 0 Å². The fourth-order valence-corrected chi connectivity index (χ4v) is 1.20.